The third kappa shape index (κ3) is 3.21. The summed E-state index contributed by atoms with van der Waals surface area (Å²) in [7, 11) is 0. The molecule has 0 aromatic heterocycles. The quantitative estimate of drug-likeness (QED) is 0.736. The summed E-state index contributed by atoms with van der Waals surface area (Å²) in [4.78, 5) is 49.6. The molecule has 2 aliphatic rings. The maximum absolute atomic E-state index is 12.4. The molecule has 4 nitrogen and oxygen atoms in total. The molecule has 0 radical (unpaired) electrons. The van der Waals surface area contributed by atoms with E-state index in [4.69, 9.17) is 0 Å². The zero-order valence-corrected chi connectivity index (χ0v) is 14.2. The molecule has 0 spiro atoms. The molecule has 0 atom stereocenters. The van der Waals surface area contributed by atoms with Crippen LogP contribution in [-0.4, -0.2) is 23.1 Å². The lowest BCUT2D eigenvalue weighted by atomic mass is 9.61. The molecule has 2 fully saturated rings. The first-order valence-electron chi connectivity index (χ1n) is 8.04. The highest BCUT2D eigenvalue weighted by Crippen LogP contribution is 2.42. The van der Waals surface area contributed by atoms with Gasteiger partial charge in [0.1, 0.15) is 23.1 Å². The average Bonchev–Trinajstić information content (AvgIpc) is 2.21. The van der Waals surface area contributed by atoms with E-state index >= 15 is 0 Å². The predicted molar refractivity (Wildman–Crippen MR) is 82.2 cm³/mol. The van der Waals surface area contributed by atoms with Gasteiger partial charge in [-0.15, -0.1) is 0 Å². The van der Waals surface area contributed by atoms with Gasteiger partial charge in [-0.25, -0.2) is 0 Å². The van der Waals surface area contributed by atoms with E-state index in [9.17, 15) is 19.2 Å². The van der Waals surface area contributed by atoms with E-state index in [1.807, 2.05) is 27.7 Å². The van der Waals surface area contributed by atoms with Crippen molar-refractivity contribution in [1.82, 2.24) is 0 Å². The number of Topliss-reactive ketones (excluding diaryl/α,β-unsaturated/α-hetero) is 4. The zero-order chi connectivity index (χ0) is 16.9. The highest BCUT2D eigenvalue weighted by molar-refractivity contribution is 6.09. The highest BCUT2D eigenvalue weighted by Gasteiger charge is 2.49. The summed E-state index contributed by atoms with van der Waals surface area (Å²) in [5.41, 5.74) is -0.625. The molecular formula is C18H26O4. The number of rotatable bonds is 2. The molecule has 122 valence electrons. The standard InChI is InChI=1S/C18H26O4/c1-10(15-11(19)6-17(2,3)7-12(15)20)16-13(21)8-18(4,5)9-14(16)22/h10,15-16H,6-9H2,1-5H3. The molecule has 2 saturated carbocycles. The van der Waals surface area contributed by atoms with Crippen LogP contribution in [0, 0.1) is 28.6 Å². The Kier molecular flexibility index (Phi) is 4.18. The van der Waals surface area contributed by atoms with Crippen molar-refractivity contribution in [2.45, 2.75) is 60.3 Å². The molecule has 2 aliphatic carbocycles. The van der Waals surface area contributed by atoms with Crippen LogP contribution < -0.4 is 0 Å². The average molecular weight is 306 g/mol. The van der Waals surface area contributed by atoms with Gasteiger partial charge in [-0.1, -0.05) is 34.6 Å². The van der Waals surface area contributed by atoms with E-state index in [2.05, 4.69) is 0 Å². The van der Waals surface area contributed by atoms with Gasteiger partial charge in [-0.05, 0) is 16.7 Å². The summed E-state index contributed by atoms with van der Waals surface area (Å²) in [6.07, 6.45) is 1.37. The molecule has 0 heterocycles. The summed E-state index contributed by atoms with van der Waals surface area (Å²) in [6.45, 7) is 9.34. The summed E-state index contributed by atoms with van der Waals surface area (Å²) >= 11 is 0. The second-order valence-electron chi connectivity index (χ2n) is 8.72. The summed E-state index contributed by atoms with van der Waals surface area (Å²) in [5.74, 6) is -2.52. The Bertz CT molecular complexity index is 453. The van der Waals surface area contributed by atoms with Crippen LogP contribution in [0.4, 0.5) is 0 Å². The molecule has 0 aliphatic heterocycles. The number of hydrogen-bond donors (Lipinski definition) is 0. The molecule has 0 unspecified atom stereocenters. The Balaban J connectivity index is 2.23. The van der Waals surface area contributed by atoms with Crippen LogP contribution in [0.25, 0.3) is 0 Å². The van der Waals surface area contributed by atoms with Crippen molar-refractivity contribution in [2.24, 2.45) is 28.6 Å². The van der Waals surface area contributed by atoms with E-state index < -0.39 is 17.8 Å². The van der Waals surface area contributed by atoms with Crippen molar-refractivity contribution in [1.29, 1.82) is 0 Å². The van der Waals surface area contributed by atoms with E-state index in [1.165, 1.54) is 0 Å². The van der Waals surface area contributed by atoms with Gasteiger partial charge >= 0.3 is 0 Å². The Labute approximate surface area is 132 Å². The van der Waals surface area contributed by atoms with Crippen molar-refractivity contribution in [2.75, 3.05) is 0 Å². The first kappa shape index (κ1) is 17.0. The maximum Gasteiger partial charge on any atom is 0.144 e. The van der Waals surface area contributed by atoms with Crippen molar-refractivity contribution in [3.8, 4) is 0 Å². The minimum absolute atomic E-state index is 0.112. The Morgan fingerprint density at radius 1 is 0.682 bits per heavy atom. The molecule has 0 aromatic rings. The zero-order valence-electron chi connectivity index (χ0n) is 14.2. The Morgan fingerprint density at radius 2 is 0.909 bits per heavy atom. The van der Waals surface area contributed by atoms with Gasteiger partial charge in [0.25, 0.3) is 0 Å². The summed E-state index contributed by atoms with van der Waals surface area (Å²) in [6, 6.07) is 0. The lowest BCUT2D eigenvalue weighted by Gasteiger charge is -2.39. The van der Waals surface area contributed by atoms with Gasteiger partial charge in [0.2, 0.25) is 0 Å². The minimum Gasteiger partial charge on any atom is -0.299 e. The smallest absolute Gasteiger partial charge is 0.144 e. The number of ketones is 4. The highest BCUT2D eigenvalue weighted by atomic mass is 16.2. The molecule has 22 heavy (non-hydrogen) atoms. The number of hydrogen-bond acceptors (Lipinski definition) is 4. The van der Waals surface area contributed by atoms with Crippen LogP contribution in [0.3, 0.4) is 0 Å². The third-order valence-corrected chi connectivity index (χ3v) is 5.05. The molecule has 0 saturated heterocycles. The van der Waals surface area contributed by atoms with Crippen LogP contribution in [0.1, 0.15) is 60.3 Å². The summed E-state index contributed by atoms with van der Waals surface area (Å²) < 4.78 is 0. The van der Waals surface area contributed by atoms with E-state index in [1.54, 1.807) is 6.92 Å². The Hall–Kier alpha value is -1.32. The van der Waals surface area contributed by atoms with Gasteiger partial charge in [0, 0.05) is 25.7 Å². The lowest BCUT2D eigenvalue weighted by Crippen LogP contribution is -2.48. The van der Waals surface area contributed by atoms with Crippen LogP contribution in [0.5, 0.6) is 0 Å². The normalized spacial score (nSPS) is 26.8. The fourth-order valence-electron chi connectivity index (χ4n) is 4.18. The first-order valence-corrected chi connectivity index (χ1v) is 8.04. The topological polar surface area (TPSA) is 68.3 Å². The number of carbonyl (C=O) groups excluding carboxylic acids is 4. The minimum atomic E-state index is -0.785. The third-order valence-electron chi connectivity index (χ3n) is 5.05. The van der Waals surface area contributed by atoms with Crippen LogP contribution in [0.2, 0.25) is 0 Å². The molecule has 4 heteroatoms. The second-order valence-corrected chi connectivity index (χ2v) is 8.72. The number of carbonyl (C=O) groups is 4. The fraction of sp³-hybridized carbons (Fsp3) is 0.778. The van der Waals surface area contributed by atoms with Crippen LogP contribution >= 0.6 is 0 Å². The van der Waals surface area contributed by atoms with E-state index in [0.717, 1.165) is 0 Å². The molecule has 0 amide bonds. The van der Waals surface area contributed by atoms with E-state index in [-0.39, 0.29) is 34.0 Å². The Morgan fingerprint density at radius 3 is 1.14 bits per heavy atom. The van der Waals surface area contributed by atoms with Crippen molar-refractivity contribution >= 4 is 23.1 Å². The van der Waals surface area contributed by atoms with Gasteiger partial charge in [-0.2, -0.15) is 0 Å². The van der Waals surface area contributed by atoms with Gasteiger partial charge in [-0.3, -0.25) is 19.2 Å². The predicted octanol–water partition coefficient (Wildman–Crippen LogP) is 2.77. The van der Waals surface area contributed by atoms with Crippen molar-refractivity contribution < 1.29 is 19.2 Å². The van der Waals surface area contributed by atoms with Crippen LogP contribution in [-0.2, 0) is 19.2 Å². The van der Waals surface area contributed by atoms with Gasteiger partial charge < -0.3 is 0 Å². The molecule has 0 N–H and O–H groups in total. The molecule has 0 aromatic carbocycles. The molecule has 2 rings (SSSR count). The van der Waals surface area contributed by atoms with Gasteiger partial charge in [0.15, 0.2) is 0 Å². The van der Waals surface area contributed by atoms with E-state index in [0.29, 0.717) is 25.7 Å². The van der Waals surface area contributed by atoms with Crippen molar-refractivity contribution in [3.63, 3.8) is 0 Å². The second kappa shape index (κ2) is 5.39. The van der Waals surface area contributed by atoms with Gasteiger partial charge in [0.05, 0.1) is 11.8 Å². The lowest BCUT2D eigenvalue weighted by molar-refractivity contribution is -0.147. The molecular weight excluding hydrogens is 280 g/mol. The maximum atomic E-state index is 12.4. The summed E-state index contributed by atoms with van der Waals surface area (Å²) in [5, 5.41) is 0. The largest absolute Gasteiger partial charge is 0.299 e. The first-order chi connectivity index (χ1) is 9.93. The monoisotopic (exact) mass is 306 g/mol. The molecule has 0 bridgehead atoms. The van der Waals surface area contributed by atoms with Crippen molar-refractivity contribution in [3.05, 3.63) is 0 Å². The fourth-order valence-corrected chi connectivity index (χ4v) is 4.18. The SMILES string of the molecule is CC(C1C(=O)CC(C)(C)CC1=O)C1C(=O)CC(C)(C)CC1=O. The van der Waals surface area contributed by atoms with Crippen LogP contribution in [0.15, 0.2) is 0 Å².